The third-order valence-electron chi connectivity index (χ3n) is 2.11. The van der Waals surface area contributed by atoms with Crippen LogP contribution in [-0.2, 0) is 4.74 Å². The summed E-state index contributed by atoms with van der Waals surface area (Å²) in [5.74, 6) is -1.63. The molecule has 0 fully saturated rings. The Morgan fingerprint density at radius 1 is 0.842 bits per heavy atom. The van der Waals surface area contributed by atoms with E-state index in [1.165, 1.54) is 36.7 Å². The Bertz CT molecular complexity index is 556. The summed E-state index contributed by atoms with van der Waals surface area (Å²) >= 11 is 11.2. The highest BCUT2D eigenvalue weighted by Crippen LogP contribution is 2.10. The number of halogens is 2. The number of aromatic nitrogens is 2. The smallest absolute Gasteiger partial charge is 0.347 e. The van der Waals surface area contributed by atoms with E-state index < -0.39 is 11.9 Å². The van der Waals surface area contributed by atoms with Crippen molar-refractivity contribution in [2.45, 2.75) is 0 Å². The highest BCUT2D eigenvalue weighted by Gasteiger charge is 2.15. The van der Waals surface area contributed by atoms with Gasteiger partial charge in [0.05, 0.1) is 11.1 Å². The second-order valence-corrected chi connectivity index (χ2v) is 4.19. The summed E-state index contributed by atoms with van der Waals surface area (Å²) in [6, 6.07) is 5.66. The SMILES string of the molecule is O=C(OC(=O)c1ccc(Cl)nc1)c1ccc(Cl)nc1. The molecule has 19 heavy (non-hydrogen) atoms. The summed E-state index contributed by atoms with van der Waals surface area (Å²) in [6.45, 7) is 0. The fourth-order valence-corrected chi connectivity index (χ4v) is 1.42. The van der Waals surface area contributed by atoms with Crippen LogP contribution in [0.5, 0.6) is 0 Å². The third kappa shape index (κ3) is 3.49. The molecular formula is C12H6Cl2N2O3. The van der Waals surface area contributed by atoms with Gasteiger partial charge in [-0.05, 0) is 24.3 Å². The number of hydrogen-bond acceptors (Lipinski definition) is 5. The van der Waals surface area contributed by atoms with Crippen LogP contribution in [0.1, 0.15) is 20.7 Å². The van der Waals surface area contributed by atoms with Crippen molar-refractivity contribution in [3.63, 3.8) is 0 Å². The van der Waals surface area contributed by atoms with Gasteiger partial charge in [0.1, 0.15) is 10.3 Å². The third-order valence-corrected chi connectivity index (χ3v) is 2.56. The molecule has 2 aromatic rings. The van der Waals surface area contributed by atoms with Crippen LogP contribution < -0.4 is 0 Å². The fourth-order valence-electron chi connectivity index (χ4n) is 1.20. The first-order valence-corrected chi connectivity index (χ1v) is 5.81. The predicted octanol–water partition coefficient (Wildman–Crippen LogP) is 2.78. The molecule has 0 aliphatic heterocycles. The van der Waals surface area contributed by atoms with Gasteiger partial charge in [-0.15, -0.1) is 0 Å². The average Bonchev–Trinajstić information content (AvgIpc) is 2.40. The van der Waals surface area contributed by atoms with Gasteiger partial charge in [-0.3, -0.25) is 0 Å². The fraction of sp³-hybridized carbons (Fsp3) is 0. The van der Waals surface area contributed by atoms with Gasteiger partial charge in [0.25, 0.3) is 0 Å². The lowest BCUT2D eigenvalue weighted by atomic mass is 10.3. The first-order valence-electron chi connectivity index (χ1n) is 5.06. The first-order chi connectivity index (χ1) is 9.06. The van der Waals surface area contributed by atoms with Crippen LogP contribution in [-0.4, -0.2) is 21.9 Å². The lowest BCUT2D eigenvalue weighted by molar-refractivity contribution is 0.0397. The van der Waals surface area contributed by atoms with Crippen molar-refractivity contribution in [1.82, 2.24) is 9.97 Å². The van der Waals surface area contributed by atoms with Crippen molar-refractivity contribution in [2.75, 3.05) is 0 Å². The molecule has 0 aliphatic rings. The highest BCUT2D eigenvalue weighted by atomic mass is 35.5. The number of esters is 2. The van der Waals surface area contributed by atoms with E-state index in [9.17, 15) is 9.59 Å². The van der Waals surface area contributed by atoms with E-state index in [1.807, 2.05) is 0 Å². The van der Waals surface area contributed by atoms with Crippen molar-refractivity contribution in [1.29, 1.82) is 0 Å². The van der Waals surface area contributed by atoms with E-state index in [0.717, 1.165) is 0 Å². The molecule has 2 aromatic heterocycles. The van der Waals surface area contributed by atoms with Crippen molar-refractivity contribution in [3.8, 4) is 0 Å². The highest BCUT2D eigenvalue weighted by molar-refractivity contribution is 6.29. The van der Waals surface area contributed by atoms with Crippen LogP contribution in [0.2, 0.25) is 10.3 Å². The molecule has 0 bridgehead atoms. The molecule has 0 saturated carbocycles. The summed E-state index contributed by atoms with van der Waals surface area (Å²) in [5, 5.41) is 0.481. The quantitative estimate of drug-likeness (QED) is 0.484. The maximum Gasteiger partial charge on any atom is 0.347 e. The van der Waals surface area contributed by atoms with Crippen LogP contribution in [0.15, 0.2) is 36.7 Å². The molecule has 0 aliphatic carbocycles. The van der Waals surface area contributed by atoms with Gasteiger partial charge in [-0.2, -0.15) is 0 Å². The molecular weight excluding hydrogens is 291 g/mol. The molecule has 96 valence electrons. The van der Waals surface area contributed by atoms with Crippen molar-refractivity contribution < 1.29 is 14.3 Å². The van der Waals surface area contributed by atoms with E-state index in [0.29, 0.717) is 0 Å². The van der Waals surface area contributed by atoms with Crippen LogP contribution in [0.25, 0.3) is 0 Å². The molecule has 5 nitrogen and oxygen atoms in total. The van der Waals surface area contributed by atoms with Gasteiger partial charge in [0.2, 0.25) is 0 Å². The van der Waals surface area contributed by atoms with E-state index in [1.54, 1.807) is 0 Å². The number of nitrogens with zero attached hydrogens (tertiary/aromatic N) is 2. The summed E-state index contributed by atoms with van der Waals surface area (Å²) < 4.78 is 4.66. The van der Waals surface area contributed by atoms with Gasteiger partial charge in [0, 0.05) is 12.4 Å². The standard InChI is InChI=1S/C12H6Cl2N2O3/c13-9-3-1-7(5-15-9)11(17)19-12(18)8-2-4-10(14)16-6-8/h1-6H. The topological polar surface area (TPSA) is 69.2 Å². The van der Waals surface area contributed by atoms with Crippen LogP contribution in [0.4, 0.5) is 0 Å². The van der Waals surface area contributed by atoms with Crippen molar-refractivity contribution >= 4 is 35.1 Å². The minimum Gasteiger partial charge on any atom is -0.386 e. The summed E-state index contributed by atoms with van der Waals surface area (Å²) in [5.41, 5.74) is 0.249. The second kappa shape index (κ2) is 5.77. The van der Waals surface area contributed by atoms with Gasteiger partial charge < -0.3 is 4.74 Å². The maximum absolute atomic E-state index is 11.6. The number of pyridine rings is 2. The Balaban J connectivity index is 2.08. The minimum absolute atomic E-state index is 0.125. The largest absolute Gasteiger partial charge is 0.386 e. The van der Waals surface area contributed by atoms with Gasteiger partial charge in [-0.1, -0.05) is 23.2 Å². The number of hydrogen-bond donors (Lipinski definition) is 0. The summed E-state index contributed by atoms with van der Waals surface area (Å²) in [6.07, 6.45) is 2.44. The molecule has 0 atom stereocenters. The van der Waals surface area contributed by atoms with Crippen molar-refractivity contribution in [3.05, 3.63) is 58.1 Å². The molecule has 2 rings (SSSR count). The lowest BCUT2D eigenvalue weighted by Gasteiger charge is -2.02. The van der Waals surface area contributed by atoms with Crippen molar-refractivity contribution in [2.24, 2.45) is 0 Å². The monoisotopic (exact) mass is 296 g/mol. The normalized spacial score (nSPS) is 10.0. The van der Waals surface area contributed by atoms with Crippen LogP contribution in [0, 0.1) is 0 Å². The van der Waals surface area contributed by atoms with Crippen LogP contribution in [0.3, 0.4) is 0 Å². The predicted molar refractivity (Wildman–Crippen MR) is 68.2 cm³/mol. The zero-order valence-electron chi connectivity index (χ0n) is 9.34. The first kappa shape index (κ1) is 13.5. The molecule has 0 N–H and O–H groups in total. The Kier molecular flexibility index (Phi) is 4.09. The maximum atomic E-state index is 11.6. The minimum atomic E-state index is -0.816. The van der Waals surface area contributed by atoms with Crippen LogP contribution >= 0.6 is 23.2 Å². The average molecular weight is 297 g/mol. The van der Waals surface area contributed by atoms with E-state index in [-0.39, 0.29) is 21.4 Å². The Morgan fingerprint density at radius 2 is 1.26 bits per heavy atom. The van der Waals surface area contributed by atoms with Gasteiger partial charge in [-0.25, -0.2) is 19.6 Å². The van der Waals surface area contributed by atoms with E-state index in [2.05, 4.69) is 14.7 Å². The molecule has 0 spiro atoms. The molecule has 0 radical (unpaired) electrons. The van der Waals surface area contributed by atoms with Gasteiger partial charge >= 0.3 is 11.9 Å². The van der Waals surface area contributed by atoms with Gasteiger partial charge in [0.15, 0.2) is 0 Å². The molecule has 0 saturated heterocycles. The number of rotatable bonds is 2. The Labute approximate surface area is 118 Å². The zero-order chi connectivity index (χ0) is 13.8. The Hall–Kier alpha value is -1.98. The second-order valence-electron chi connectivity index (χ2n) is 3.42. The van der Waals surface area contributed by atoms with E-state index >= 15 is 0 Å². The Morgan fingerprint density at radius 3 is 1.58 bits per heavy atom. The molecule has 0 aromatic carbocycles. The lowest BCUT2D eigenvalue weighted by Crippen LogP contribution is -2.13. The number of ether oxygens (including phenoxy) is 1. The zero-order valence-corrected chi connectivity index (χ0v) is 10.9. The number of carbonyl (C=O) groups is 2. The molecule has 7 heteroatoms. The summed E-state index contributed by atoms with van der Waals surface area (Å²) in [7, 11) is 0. The number of carbonyl (C=O) groups excluding carboxylic acids is 2. The molecule has 0 unspecified atom stereocenters. The molecule has 0 amide bonds. The molecule has 2 heterocycles. The van der Waals surface area contributed by atoms with E-state index in [4.69, 9.17) is 23.2 Å². The summed E-state index contributed by atoms with van der Waals surface area (Å²) in [4.78, 5) is 30.7.